The Bertz CT molecular complexity index is 1380. The molecule has 3 aromatic carbocycles. The van der Waals surface area contributed by atoms with Crippen LogP contribution in [-0.2, 0) is 13.0 Å². The van der Waals surface area contributed by atoms with Gasteiger partial charge < -0.3 is 13.7 Å². The molecule has 5 aromatic rings. The highest BCUT2D eigenvalue weighted by Gasteiger charge is 2.11. The fourth-order valence-corrected chi connectivity index (χ4v) is 3.43. The summed E-state index contributed by atoms with van der Waals surface area (Å²) in [7, 11) is 0. The SMILES string of the molecule is O=c1cc(-c2ccccc2)c2ccc(OCc3nc(Cc4ccccc4)no3)cc2o1. The quantitative estimate of drug-likeness (QED) is 0.366. The Kier molecular flexibility index (Phi) is 5.02. The second kappa shape index (κ2) is 8.28. The summed E-state index contributed by atoms with van der Waals surface area (Å²) in [6, 6.07) is 26.6. The monoisotopic (exact) mass is 410 g/mol. The number of hydrogen-bond donors (Lipinski definition) is 0. The van der Waals surface area contributed by atoms with Gasteiger partial charge in [0, 0.05) is 23.9 Å². The second-order valence-electron chi connectivity index (χ2n) is 7.06. The molecule has 2 aromatic heterocycles. The lowest BCUT2D eigenvalue weighted by molar-refractivity contribution is 0.242. The molecule has 0 aliphatic carbocycles. The van der Waals surface area contributed by atoms with Gasteiger partial charge in [-0.3, -0.25) is 0 Å². The number of aromatic nitrogens is 2. The van der Waals surface area contributed by atoms with Crippen molar-refractivity contribution >= 4 is 11.0 Å². The maximum Gasteiger partial charge on any atom is 0.336 e. The maximum absolute atomic E-state index is 12.1. The highest BCUT2D eigenvalue weighted by Crippen LogP contribution is 2.29. The molecule has 31 heavy (non-hydrogen) atoms. The van der Waals surface area contributed by atoms with E-state index < -0.39 is 5.63 Å². The molecule has 6 nitrogen and oxygen atoms in total. The van der Waals surface area contributed by atoms with Gasteiger partial charge >= 0.3 is 5.63 Å². The maximum atomic E-state index is 12.1. The molecule has 0 atom stereocenters. The van der Waals surface area contributed by atoms with Gasteiger partial charge in [-0.2, -0.15) is 4.98 Å². The van der Waals surface area contributed by atoms with Crippen LogP contribution in [0.15, 0.2) is 98.7 Å². The summed E-state index contributed by atoms with van der Waals surface area (Å²) in [6.07, 6.45) is 0.591. The molecule has 0 bridgehead atoms. The van der Waals surface area contributed by atoms with Crippen LogP contribution in [0.4, 0.5) is 0 Å². The zero-order chi connectivity index (χ0) is 21.0. The van der Waals surface area contributed by atoms with Crippen molar-refractivity contribution in [3.8, 4) is 16.9 Å². The van der Waals surface area contributed by atoms with Crippen molar-refractivity contribution in [3.63, 3.8) is 0 Å². The Morgan fingerprint density at radius 1 is 0.871 bits per heavy atom. The van der Waals surface area contributed by atoms with Crippen molar-refractivity contribution in [1.29, 1.82) is 0 Å². The van der Waals surface area contributed by atoms with Gasteiger partial charge in [-0.1, -0.05) is 65.8 Å². The first-order chi connectivity index (χ1) is 15.2. The van der Waals surface area contributed by atoms with E-state index in [1.165, 1.54) is 6.07 Å². The van der Waals surface area contributed by atoms with E-state index in [9.17, 15) is 4.79 Å². The highest BCUT2D eigenvalue weighted by molar-refractivity contribution is 5.93. The van der Waals surface area contributed by atoms with Crippen molar-refractivity contribution in [2.75, 3.05) is 0 Å². The molecule has 0 N–H and O–H groups in total. The van der Waals surface area contributed by atoms with Crippen molar-refractivity contribution in [2.24, 2.45) is 0 Å². The molecule has 152 valence electrons. The van der Waals surface area contributed by atoms with Gasteiger partial charge in [-0.25, -0.2) is 4.79 Å². The van der Waals surface area contributed by atoms with Gasteiger partial charge in [0.05, 0.1) is 0 Å². The first-order valence-electron chi connectivity index (χ1n) is 9.86. The molecular formula is C25H18N2O4. The van der Waals surface area contributed by atoms with Crippen molar-refractivity contribution in [2.45, 2.75) is 13.0 Å². The van der Waals surface area contributed by atoms with E-state index in [0.29, 0.717) is 29.5 Å². The lowest BCUT2D eigenvalue weighted by Gasteiger charge is -2.08. The number of rotatable bonds is 6. The second-order valence-corrected chi connectivity index (χ2v) is 7.06. The van der Waals surface area contributed by atoms with Gasteiger partial charge in [0.25, 0.3) is 5.89 Å². The molecular weight excluding hydrogens is 392 g/mol. The van der Waals surface area contributed by atoms with Gasteiger partial charge in [-0.15, -0.1) is 0 Å². The lowest BCUT2D eigenvalue weighted by atomic mass is 10.0. The number of nitrogens with zero attached hydrogens (tertiary/aromatic N) is 2. The molecule has 0 saturated carbocycles. The first-order valence-corrected chi connectivity index (χ1v) is 9.86. The molecule has 0 unspecified atom stereocenters. The minimum atomic E-state index is -0.411. The molecule has 5 rings (SSSR count). The summed E-state index contributed by atoms with van der Waals surface area (Å²) in [5.74, 6) is 1.52. The lowest BCUT2D eigenvalue weighted by Crippen LogP contribution is -2.00. The van der Waals surface area contributed by atoms with Gasteiger partial charge in [-0.05, 0) is 28.8 Å². The van der Waals surface area contributed by atoms with Crippen LogP contribution in [0.1, 0.15) is 17.3 Å². The third-order valence-corrected chi connectivity index (χ3v) is 4.88. The number of benzene rings is 3. The van der Waals surface area contributed by atoms with Crippen LogP contribution >= 0.6 is 0 Å². The van der Waals surface area contributed by atoms with Crippen LogP contribution in [0, 0.1) is 0 Å². The van der Waals surface area contributed by atoms with E-state index in [1.807, 2.05) is 72.8 Å². The summed E-state index contributed by atoms with van der Waals surface area (Å²) in [6.45, 7) is 0.121. The van der Waals surface area contributed by atoms with E-state index in [2.05, 4.69) is 10.1 Å². The van der Waals surface area contributed by atoms with Crippen LogP contribution in [0.3, 0.4) is 0 Å². The van der Waals surface area contributed by atoms with Crippen LogP contribution < -0.4 is 10.4 Å². The molecule has 0 spiro atoms. The summed E-state index contributed by atoms with van der Waals surface area (Å²) in [4.78, 5) is 16.5. The largest absolute Gasteiger partial charge is 0.484 e. The highest BCUT2D eigenvalue weighted by atomic mass is 16.5. The average molecular weight is 410 g/mol. The van der Waals surface area contributed by atoms with Crippen LogP contribution in [0.2, 0.25) is 0 Å². The topological polar surface area (TPSA) is 78.4 Å². The molecule has 0 aliphatic rings. The summed E-state index contributed by atoms with van der Waals surface area (Å²) in [5.41, 5.74) is 2.92. The Morgan fingerprint density at radius 3 is 2.45 bits per heavy atom. The van der Waals surface area contributed by atoms with Crippen molar-refractivity contribution in [1.82, 2.24) is 10.1 Å². The van der Waals surface area contributed by atoms with Crippen LogP contribution in [0.5, 0.6) is 5.75 Å². The minimum Gasteiger partial charge on any atom is -0.484 e. The molecule has 0 saturated heterocycles. The third kappa shape index (κ3) is 4.23. The zero-order valence-corrected chi connectivity index (χ0v) is 16.5. The van der Waals surface area contributed by atoms with Crippen molar-refractivity contribution < 1.29 is 13.7 Å². The third-order valence-electron chi connectivity index (χ3n) is 4.88. The zero-order valence-electron chi connectivity index (χ0n) is 16.5. The standard InChI is InChI=1S/C25H18N2O4/c28-25-15-21(18-9-5-2-6-10-18)20-12-11-19(14-22(20)30-25)29-16-24-26-23(27-31-24)13-17-7-3-1-4-8-17/h1-12,14-15H,13,16H2. The predicted octanol–water partition coefficient (Wildman–Crippen LogP) is 5.01. The smallest absolute Gasteiger partial charge is 0.336 e. The molecule has 0 aliphatic heterocycles. The molecule has 6 heteroatoms. The van der Waals surface area contributed by atoms with Gasteiger partial charge in [0.1, 0.15) is 11.3 Å². The molecule has 0 radical (unpaired) electrons. The van der Waals surface area contributed by atoms with E-state index in [0.717, 1.165) is 22.1 Å². The number of ether oxygens (including phenoxy) is 1. The fourth-order valence-electron chi connectivity index (χ4n) is 3.43. The van der Waals surface area contributed by atoms with Crippen molar-refractivity contribution in [3.05, 3.63) is 113 Å². The fraction of sp³-hybridized carbons (Fsp3) is 0.0800. The minimum absolute atomic E-state index is 0.121. The predicted molar refractivity (Wildman–Crippen MR) is 116 cm³/mol. The van der Waals surface area contributed by atoms with Gasteiger partial charge in [0.2, 0.25) is 0 Å². The molecule has 2 heterocycles. The van der Waals surface area contributed by atoms with E-state index in [-0.39, 0.29) is 6.61 Å². The van der Waals surface area contributed by atoms with E-state index in [4.69, 9.17) is 13.7 Å². The van der Waals surface area contributed by atoms with Crippen LogP contribution in [-0.4, -0.2) is 10.1 Å². The Labute approximate surface area is 177 Å². The average Bonchev–Trinajstić information content (AvgIpc) is 3.25. The normalized spacial score (nSPS) is 11.0. The van der Waals surface area contributed by atoms with Gasteiger partial charge in [0.15, 0.2) is 12.4 Å². The number of hydrogen-bond acceptors (Lipinski definition) is 6. The first kappa shape index (κ1) is 18.8. The summed E-state index contributed by atoms with van der Waals surface area (Å²) < 4.78 is 16.5. The van der Waals surface area contributed by atoms with E-state index in [1.54, 1.807) is 6.07 Å². The summed E-state index contributed by atoms with van der Waals surface area (Å²) in [5, 5.41) is 4.84. The van der Waals surface area contributed by atoms with E-state index >= 15 is 0 Å². The Balaban J connectivity index is 1.34. The Morgan fingerprint density at radius 2 is 1.65 bits per heavy atom. The summed E-state index contributed by atoms with van der Waals surface area (Å²) >= 11 is 0. The molecule has 0 amide bonds. The number of fused-ring (bicyclic) bond motifs is 1. The van der Waals surface area contributed by atoms with Crippen LogP contribution in [0.25, 0.3) is 22.1 Å². The molecule has 0 fully saturated rings. The Hall–Kier alpha value is -4.19.